The number of amides is 1. The number of H-pyrrole nitrogens is 1. The average Bonchev–Trinajstić information content (AvgIpc) is 3.47. The minimum atomic E-state index is -0.512. The first-order valence-corrected chi connectivity index (χ1v) is 11.3. The number of nitrogen functional groups attached to an aromatic ring is 1. The van der Waals surface area contributed by atoms with Crippen LogP contribution in [0.15, 0.2) is 71.8 Å². The van der Waals surface area contributed by atoms with Crippen molar-refractivity contribution in [1.82, 2.24) is 29.5 Å². The Morgan fingerprint density at radius 3 is 2.61 bits per heavy atom. The number of hydrogen-bond donors (Lipinski definition) is 3. The van der Waals surface area contributed by atoms with E-state index in [4.69, 9.17) is 17.3 Å². The van der Waals surface area contributed by atoms with Crippen LogP contribution in [0.3, 0.4) is 0 Å². The number of benzene rings is 2. The van der Waals surface area contributed by atoms with Crippen molar-refractivity contribution >= 4 is 29.0 Å². The molecule has 5 aromatic rings. The van der Waals surface area contributed by atoms with Gasteiger partial charge < -0.3 is 11.1 Å². The van der Waals surface area contributed by atoms with Gasteiger partial charge in [-0.05, 0) is 43.3 Å². The summed E-state index contributed by atoms with van der Waals surface area (Å²) in [5.41, 5.74) is 9.81. The van der Waals surface area contributed by atoms with Crippen molar-refractivity contribution in [1.29, 1.82) is 0 Å². The molecule has 5 rings (SSSR count). The summed E-state index contributed by atoms with van der Waals surface area (Å²) in [6, 6.07) is 15.6. The number of hydrogen-bond acceptors (Lipinski definition) is 6. The first-order valence-electron chi connectivity index (χ1n) is 10.9. The fourth-order valence-electron chi connectivity index (χ4n) is 3.91. The van der Waals surface area contributed by atoms with Gasteiger partial charge in [0.05, 0.1) is 23.3 Å². The summed E-state index contributed by atoms with van der Waals surface area (Å²) in [6.07, 6.45) is 3.20. The lowest BCUT2D eigenvalue weighted by Crippen LogP contribution is -2.25. The van der Waals surface area contributed by atoms with E-state index in [1.165, 1.54) is 4.68 Å². The Labute approximate surface area is 210 Å². The summed E-state index contributed by atoms with van der Waals surface area (Å²) >= 11 is 6.09. The van der Waals surface area contributed by atoms with Crippen LogP contribution in [0.25, 0.3) is 28.3 Å². The molecule has 2 aromatic carbocycles. The van der Waals surface area contributed by atoms with Crippen molar-refractivity contribution < 1.29 is 4.79 Å². The first-order chi connectivity index (χ1) is 17.3. The summed E-state index contributed by atoms with van der Waals surface area (Å²) in [5.74, 6) is -0.237. The van der Waals surface area contributed by atoms with Crippen LogP contribution in [0.5, 0.6) is 0 Å². The molecule has 0 aliphatic rings. The van der Waals surface area contributed by atoms with Crippen molar-refractivity contribution in [2.24, 2.45) is 7.05 Å². The maximum atomic E-state index is 13.2. The first kappa shape index (κ1) is 23.1. The summed E-state index contributed by atoms with van der Waals surface area (Å²) in [4.78, 5) is 35.1. The van der Waals surface area contributed by atoms with E-state index in [1.54, 1.807) is 85.6 Å². The van der Waals surface area contributed by atoms with Crippen LogP contribution in [0.2, 0.25) is 5.02 Å². The van der Waals surface area contributed by atoms with Crippen LogP contribution >= 0.6 is 11.6 Å². The molecule has 0 unspecified atom stereocenters. The number of halogens is 1. The summed E-state index contributed by atoms with van der Waals surface area (Å²) in [7, 11) is 1.71. The third-order valence-electron chi connectivity index (χ3n) is 5.83. The number of nitrogens with one attached hydrogen (secondary N) is 2. The maximum absolute atomic E-state index is 13.2. The largest absolute Gasteiger partial charge is 0.382 e. The van der Waals surface area contributed by atoms with Crippen molar-refractivity contribution in [3.63, 3.8) is 0 Å². The highest BCUT2D eigenvalue weighted by atomic mass is 35.5. The molecule has 0 atom stereocenters. The lowest BCUT2D eigenvalue weighted by atomic mass is 10.1. The second kappa shape index (κ2) is 9.16. The second-order valence-electron chi connectivity index (χ2n) is 8.07. The van der Waals surface area contributed by atoms with Crippen LogP contribution in [-0.4, -0.2) is 35.4 Å². The van der Waals surface area contributed by atoms with Gasteiger partial charge in [-0.3, -0.25) is 19.4 Å². The molecular weight excluding hydrogens is 480 g/mol. The molecule has 0 bridgehead atoms. The van der Waals surface area contributed by atoms with E-state index in [0.717, 1.165) is 5.56 Å². The van der Waals surface area contributed by atoms with Crippen molar-refractivity contribution in [2.45, 2.75) is 6.92 Å². The number of nitrogens with two attached hydrogens (primary N) is 1. The topological polar surface area (TPSA) is 137 Å². The van der Waals surface area contributed by atoms with Gasteiger partial charge in [0.15, 0.2) is 0 Å². The molecule has 0 saturated heterocycles. The molecule has 3 heterocycles. The van der Waals surface area contributed by atoms with Crippen LogP contribution in [0.1, 0.15) is 16.1 Å². The molecule has 180 valence electrons. The SMILES string of the molecule is Cc1c(C(=O)Nc2ccc(-c3nc(-c4ccn[nH]4)cnc3N)cc2)c(=O)n(-c2cccc(Cl)c2)n1C. The summed E-state index contributed by atoms with van der Waals surface area (Å²) in [5, 5.41) is 10.1. The Morgan fingerprint density at radius 1 is 1.14 bits per heavy atom. The van der Waals surface area contributed by atoms with Gasteiger partial charge in [0.2, 0.25) is 0 Å². The standard InChI is InChI=1S/C25H21ClN8O2/c1-14-21(25(36)34(33(14)2)18-5-3-4-16(26)12-18)24(35)30-17-8-6-15(7-9-17)22-23(27)28-13-20(31-22)19-10-11-29-32-19/h3-13H,1-2H3,(H2,27,28)(H,29,32)(H,30,35). The van der Waals surface area contributed by atoms with E-state index in [2.05, 4.69) is 25.5 Å². The summed E-state index contributed by atoms with van der Waals surface area (Å²) in [6.45, 7) is 1.72. The van der Waals surface area contributed by atoms with E-state index >= 15 is 0 Å². The van der Waals surface area contributed by atoms with Crippen LogP contribution < -0.4 is 16.6 Å². The predicted octanol–water partition coefficient (Wildman–Crippen LogP) is 3.82. The second-order valence-corrected chi connectivity index (χ2v) is 8.51. The van der Waals surface area contributed by atoms with E-state index in [-0.39, 0.29) is 11.4 Å². The van der Waals surface area contributed by atoms with Gasteiger partial charge in [-0.1, -0.05) is 29.8 Å². The van der Waals surface area contributed by atoms with Crippen LogP contribution in [-0.2, 0) is 7.05 Å². The predicted molar refractivity (Wildman–Crippen MR) is 138 cm³/mol. The summed E-state index contributed by atoms with van der Waals surface area (Å²) < 4.78 is 3.04. The molecule has 0 aliphatic carbocycles. The molecule has 0 radical (unpaired) electrons. The Hall–Kier alpha value is -4.70. The molecular formula is C25H21ClN8O2. The number of carbonyl (C=O) groups excluding carboxylic acids is 1. The Balaban J connectivity index is 1.41. The zero-order valence-corrected chi connectivity index (χ0v) is 20.1. The molecule has 0 aliphatic heterocycles. The lowest BCUT2D eigenvalue weighted by Gasteiger charge is -2.08. The molecule has 4 N–H and O–H groups in total. The van der Waals surface area contributed by atoms with Crippen molar-refractivity contribution in [3.8, 4) is 28.3 Å². The van der Waals surface area contributed by atoms with Gasteiger partial charge in [0, 0.05) is 29.5 Å². The van der Waals surface area contributed by atoms with Gasteiger partial charge >= 0.3 is 0 Å². The van der Waals surface area contributed by atoms with Gasteiger partial charge in [0.25, 0.3) is 11.5 Å². The van der Waals surface area contributed by atoms with Gasteiger partial charge in [-0.15, -0.1) is 0 Å². The highest BCUT2D eigenvalue weighted by Gasteiger charge is 2.22. The van der Waals surface area contributed by atoms with Gasteiger partial charge in [0.1, 0.15) is 22.8 Å². The fraction of sp³-hybridized carbons (Fsp3) is 0.0800. The van der Waals surface area contributed by atoms with E-state index in [0.29, 0.717) is 39.2 Å². The molecule has 0 saturated carbocycles. The lowest BCUT2D eigenvalue weighted by molar-refractivity contribution is 0.102. The Bertz CT molecular complexity index is 1640. The minimum absolute atomic E-state index is 0.0453. The number of rotatable bonds is 5. The zero-order chi connectivity index (χ0) is 25.4. The molecule has 3 aromatic heterocycles. The zero-order valence-electron chi connectivity index (χ0n) is 19.4. The van der Waals surface area contributed by atoms with Crippen molar-refractivity contribution in [2.75, 3.05) is 11.1 Å². The van der Waals surface area contributed by atoms with E-state index < -0.39 is 11.5 Å². The average molecular weight is 501 g/mol. The third-order valence-corrected chi connectivity index (χ3v) is 6.06. The molecule has 0 spiro atoms. The van der Waals surface area contributed by atoms with E-state index in [9.17, 15) is 9.59 Å². The van der Waals surface area contributed by atoms with Crippen molar-refractivity contribution in [3.05, 3.63) is 93.6 Å². The third kappa shape index (κ3) is 4.14. The Kier molecular flexibility index (Phi) is 5.87. The minimum Gasteiger partial charge on any atom is -0.382 e. The number of aromatic amines is 1. The number of carbonyl (C=O) groups is 1. The number of aromatic nitrogens is 6. The maximum Gasteiger partial charge on any atom is 0.284 e. The highest BCUT2D eigenvalue weighted by molar-refractivity contribution is 6.30. The van der Waals surface area contributed by atoms with E-state index in [1.807, 2.05) is 0 Å². The van der Waals surface area contributed by atoms with Crippen LogP contribution in [0, 0.1) is 6.92 Å². The van der Waals surface area contributed by atoms with Gasteiger partial charge in [-0.2, -0.15) is 5.10 Å². The molecule has 1 amide bonds. The Morgan fingerprint density at radius 2 is 1.92 bits per heavy atom. The van der Waals surface area contributed by atoms with Crippen LogP contribution in [0.4, 0.5) is 11.5 Å². The normalized spacial score (nSPS) is 11.0. The monoisotopic (exact) mass is 500 g/mol. The number of nitrogens with zero attached hydrogens (tertiary/aromatic N) is 5. The molecule has 0 fully saturated rings. The fourth-order valence-corrected chi connectivity index (χ4v) is 4.10. The highest BCUT2D eigenvalue weighted by Crippen LogP contribution is 2.26. The number of anilines is 2. The molecule has 10 nitrogen and oxygen atoms in total. The van der Waals surface area contributed by atoms with Gasteiger partial charge in [-0.25, -0.2) is 14.6 Å². The molecule has 36 heavy (non-hydrogen) atoms. The smallest absolute Gasteiger partial charge is 0.284 e. The quantitative estimate of drug-likeness (QED) is 0.335. The molecule has 11 heteroatoms.